The molecule has 0 aliphatic carbocycles. The summed E-state index contributed by atoms with van der Waals surface area (Å²) in [4.78, 5) is 2.13. The molecule has 0 spiro atoms. The monoisotopic (exact) mass is 196 g/mol. The summed E-state index contributed by atoms with van der Waals surface area (Å²) in [7, 11) is 4.08. The highest BCUT2D eigenvalue weighted by molar-refractivity contribution is 5.07. The predicted molar refractivity (Wildman–Crippen MR) is 58.3 cm³/mol. The first-order chi connectivity index (χ1) is 6.50. The first kappa shape index (κ1) is 11.3. The Hall–Kier alpha value is -0.800. The second kappa shape index (κ2) is 4.62. The summed E-state index contributed by atoms with van der Waals surface area (Å²) in [5.41, 5.74) is 6.06. The van der Waals surface area contributed by atoms with Crippen molar-refractivity contribution in [2.24, 2.45) is 5.73 Å². The van der Waals surface area contributed by atoms with E-state index in [0.29, 0.717) is 6.04 Å². The molecule has 14 heavy (non-hydrogen) atoms. The standard InChI is InChI=1S/C11H20N2O/c1-8-5-6-10(14-8)7-11(12)9(2)13(3)4/h5-6,9,11H,7,12H2,1-4H3. The lowest BCUT2D eigenvalue weighted by molar-refractivity contribution is 0.264. The number of furan rings is 1. The summed E-state index contributed by atoms with van der Waals surface area (Å²) in [6.07, 6.45) is 0.799. The minimum atomic E-state index is 0.121. The van der Waals surface area contributed by atoms with Crippen molar-refractivity contribution < 1.29 is 4.42 Å². The lowest BCUT2D eigenvalue weighted by atomic mass is 10.1. The van der Waals surface area contributed by atoms with Crippen LogP contribution in [0, 0.1) is 6.92 Å². The molecule has 1 rings (SSSR count). The molecule has 0 aliphatic heterocycles. The normalized spacial score (nSPS) is 15.9. The van der Waals surface area contributed by atoms with Crippen molar-refractivity contribution in [2.75, 3.05) is 14.1 Å². The molecule has 0 radical (unpaired) electrons. The Labute approximate surface area is 85.9 Å². The van der Waals surface area contributed by atoms with Gasteiger partial charge >= 0.3 is 0 Å². The van der Waals surface area contributed by atoms with Crippen LogP contribution in [0.15, 0.2) is 16.5 Å². The van der Waals surface area contributed by atoms with E-state index in [2.05, 4.69) is 11.8 Å². The number of hydrogen-bond donors (Lipinski definition) is 1. The summed E-state index contributed by atoms with van der Waals surface area (Å²) in [5.74, 6) is 1.92. The molecular formula is C11H20N2O. The molecule has 80 valence electrons. The van der Waals surface area contributed by atoms with Crippen molar-refractivity contribution in [2.45, 2.75) is 32.4 Å². The van der Waals surface area contributed by atoms with Crippen LogP contribution in [-0.2, 0) is 6.42 Å². The van der Waals surface area contributed by atoms with Crippen molar-refractivity contribution in [1.82, 2.24) is 4.90 Å². The van der Waals surface area contributed by atoms with Crippen LogP contribution in [0.5, 0.6) is 0 Å². The van der Waals surface area contributed by atoms with E-state index < -0.39 is 0 Å². The molecule has 0 aliphatic rings. The lowest BCUT2D eigenvalue weighted by Gasteiger charge is -2.25. The van der Waals surface area contributed by atoms with Gasteiger partial charge in [0.1, 0.15) is 11.5 Å². The maximum atomic E-state index is 6.06. The van der Waals surface area contributed by atoms with Crippen LogP contribution >= 0.6 is 0 Å². The highest BCUT2D eigenvalue weighted by Gasteiger charge is 2.16. The van der Waals surface area contributed by atoms with Crippen LogP contribution in [0.1, 0.15) is 18.4 Å². The molecule has 0 saturated carbocycles. The van der Waals surface area contributed by atoms with Gasteiger partial charge < -0.3 is 15.1 Å². The third kappa shape index (κ3) is 2.86. The molecule has 0 bridgehead atoms. The summed E-state index contributed by atoms with van der Waals surface area (Å²) in [6, 6.07) is 4.45. The van der Waals surface area contributed by atoms with Crippen LogP contribution in [0.3, 0.4) is 0 Å². The van der Waals surface area contributed by atoms with Crippen molar-refractivity contribution in [3.8, 4) is 0 Å². The van der Waals surface area contributed by atoms with Gasteiger partial charge in [-0.2, -0.15) is 0 Å². The molecule has 2 N–H and O–H groups in total. The molecule has 1 aromatic rings. The maximum Gasteiger partial charge on any atom is 0.105 e. The lowest BCUT2D eigenvalue weighted by Crippen LogP contribution is -2.43. The van der Waals surface area contributed by atoms with E-state index in [0.717, 1.165) is 17.9 Å². The topological polar surface area (TPSA) is 42.4 Å². The number of nitrogens with two attached hydrogens (primary N) is 1. The van der Waals surface area contributed by atoms with Gasteiger partial charge in [0.25, 0.3) is 0 Å². The van der Waals surface area contributed by atoms with E-state index in [-0.39, 0.29) is 6.04 Å². The van der Waals surface area contributed by atoms with Gasteiger partial charge in [-0.15, -0.1) is 0 Å². The molecule has 0 fully saturated rings. The predicted octanol–water partition coefficient (Wildman–Crippen LogP) is 1.41. The minimum Gasteiger partial charge on any atom is -0.466 e. The second-order valence-electron chi connectivity index (χ2n) is 4.08. The van der Waals surface area contributed by atoms with E-state index in [1.54, 1.807) is 0 Å². The molecule has 3 nitrogen and oxygen atoms in total. The van der Waals surface area contributed by atoms with Crippen molar-refractivity contribution in [3.05, 3.63) is 23.7 Å². The number of likely N-dealkylation sites (N-methyl/N-ethyl adjacent to an activating group) is 1. The first-order valence-electron chi connectivity index (χ1n) is 4.98. The van der Waals surface area contributed by atoms with E-state index in [9.17, 15) is 0 Å². The molecular weight excluding hydrogens is 176 g/mol. The molecule has 0 saturated heterocycles. The van der Waals surface area contributed by atoms with Gasteiger partial charge in [-0.3, -0.25) is 0 Å². The Balaban J connectivity index is 2.52. The summed E-state index contributed by atoms with van der Waals surface area (Å²) >= 11 is 0. The molecule has 2 atom stereocenters. The molecule has 1 aromatic heterocycles. The van der Waals surface area contributed by atoms with Crippen molar-refractivity contribution >= 4 is 0 Å². The Bertz CT molecular complexity index is 281. The van der Waals surface area contributed by atoms with Gasteiger partial charge in [-0.25, -0.2) is 0 Å². The molecule has 3 heteroatoms. The zero-order valence-electron chi connectivity index (χ0n) is 9.45. The van der Waals surface area contributed by atoms with Crippen LogP contribution in [0.2, 0.25) is 0 Å². The number of nitrogens with zero attached hydrogens (tertiary/aromatic N) is 1. The zero-order chi connectivity index (χ0) is 10.7. The Kier molecular flexibility index (Phi) is 3.72. The van der Waals surface area contributed by atoms with E-state index in [1.165, 1.54) is 0 Å². The Morgan fingerprint density at radius 2 is 2.07 bits per heavy atom. The van der Waals surface area contributed by atoms with Gasteiger partial charge in [-0.05, 0) is 40.1 Å². The van der Waals surface area contributed by atoms with E-state index in [4.69, 9.17) is 10.2 Å². The van der Waals surface area contributed by atoms with Crippen LogP contribution < -0.4 is 5.73 Å². The fourth-order valence-corrected chi connectivity index (χ4v) is 1.38. The smallest absolute Gasteiger partial charge is 0.105 e. The van der Waals surface area contributed by atoms with Crippen LogP contribution in [-0.4, -0.2) is 31.1 Å². The van der Waals surface area contributed by atoms with E-state index in [1.807, 2.05) is 33.2 Å². The fraction of sp³-hybridized carbons (Fsp3) is 0.636. The average molecular weight is 196 g/mol. The first-order valence-corrected chi connectivity index (χ1v) is 4.98. The summed E-state index contributed by atoms with van der Waals surface area (Å²) in [5, 5.41) is 0. The maximum absolute atomic E-state index is 6.06. The van der Waals surface area contributed by atoms with Gasteiger partial charge in [-0.1, -0.05) is 0 Å². The SMILES string of the molecule is Cc1ccc(CC(N)C(C)N(C)C)o1. The van der Waals surface area contributed by atoms with Crippen LogP contribution in [0.25, 0.3) is 0 Å². The fourth-order valence-electron chi connectivity index (χ4n) is 1.38. The third-order valence-corrected chi connectivity index (χ3v) is 2.67. The average Bonchev–Trinajstić information content (AvgIpc) is 2.49. The van der Waals surface area contributed by atoms with Gasteiger partial charge in [0, 0.05) is 18.5 Å². The number of hydrogen-bond acceptors (Lipinski definition) is 3. The van der Waals surface area contributed by atoms with Gasteiger partial charge in [0.2, 0.25) is 0 Å². The largest absolute Gasteiger partial charge is 0.466 e. The van der Waals surface area contributed by atoms with Gasteiger partial charge in [0.05, 0.1) is 0 Å². The molecule has 0 aromatic carbocycles. The Morgan fingerprint density at radius 3 is 2.50 bits per heavy atom. The van der Waals surface area contributed by atoms with Crippen molar-refractivity contribution in [3.63, 3.8) is 0 Å². The van der Waals surface area contributed by atoms with Crippen molar-refractivity contribution in [1.29, 1.82) is 0 Å². The highest BCUT2D eigenvalue weighted by Crippen LogP contribution is 2.10. The second-order valence-corrected chi connectivity index (χ2v) is 4.08. The zero-order valence-corrected chi connectivity index (χ0v) is 9.45. The Morgan fingerprint density at radius 1 is 1.43 bits per heavy atom. The number of rotatable bonds is 4. The number of aryl methyl sites for hydroxylation is 1. The quantitative estimate of drug-likeness (QED) is 0.791. The highest BCUT2D eigenvalue weighted by atomic mass is 16.3. The molecule has 0 amide bonds. The molecule has 2 unspecified atom stereocenters. The van der Waals surface area contributed by atoms with Crippen LogP contribution in [0.4, 0.5) is 0 Å². The summed E-state index contributed by atoms with van der Waals surface area (Å²) < 4.78 is 5.49. The van der Waals surface area contributed by atoms with E-state index >= 15 is 0 Å². The summed E-state index contributed by atoms with van der Waals surface area (Å²) in [6.45, 7) is 4.07. The minimum absolute atomic E-state index is 0.121. The van der Waals surface area contributed by atoms with Gasteiger partial charge in [0.15, 0.2) is 0 Å². The third-order valence-electron chi connectivity index (χ3n) is 2.67. The molecule has 1 heterocycles.